The van der Waals surface area contributed by atoms with Gasteiger partial charge in [0.15, 0.2) is 11.3 Å². The minimum absolute atomic E-state index is 0.122. The van der Waals surface area contributed by atoms with Gasteiger partial charge in [0.2, 0.25) is 0 Å². The average molecular weight is 928 g/mol. The molecular formula is C44H52Cl2N12O5Si. The summed E-state index contributed by atoms with van der Waals surface area (Å²) in [6.07, 6.45) is 6.70. The molecule has 20 heteroatoms. The van der Waals surface area contributed by atoms with Gasteiger partial charge < -0.3 is 34.4 Å². The van der Waals surface area contributed by atoms with E-state index < -0.39 is 8.07 Å². The van der Waals surface area contributed by atoms with E-state index in [0.717, 1.165) is 27.8 Å². The number of carbonyl (C=O) groups is 2. The fraction of sp³-hybridized carbons (Fsp3) is 0.364. The van der Waals surface area contributed by atoms with Gasteiger partial charge in [0, 0.05) is 88.3 Å². The van der Waals surface area contributed by atoms with Gasteiger partial charge in [-0.1, -0.05) is 42.8 Å². The molecular weight excluding hydrogens is 876 g/mol. The molecule has 0 spiro atoms. The van der Waals surface area contributed by atoms with Crippen LogP contribution in [0.3, 0.4) is 0 Å². The van der Waals surface area contributed by atoms with Crippen molar-refractivity contribution in [1.29, 1.82) is 0 Å². The van der Waals surface area contributed by atoms with Crippen LogP contribution in [-0.2, 0) is 35.0 Å². The van der Waals surface area contributed by atoms with E-state index in [0.29, 0.717) is 92.8 Å². The predicted octanol–water partition coefficient (Wildman–Crippen LogP) is 7.65. The van der Waals surface area contributed by atoms with Crippen LogP contribution < -0.4 is 10.6 Å². The Morgan fingerprint density at radius 2 is 1.31 bits per heavy atom. The van der Waals surface area contributed by atoms with E-state index in [1.165, 1.54) is 0 Å². The highest BCUT2D eigenvalue weighted by molar-refractivity contribution is 6.76. The lowest BCUT2D eigenvalue weighted by molar-refractivity contribution is 0.0879. The van der Waals surface area contributed by atoms with Crippen molar-refractivity contribution < 1.29 is 23.8 Å². The highest BCUT2D eigenvalue weighted by Gasteiger charge is 2.23. The number of aryl methyl sites for hydroxylation is 2. The number of ether oxygens (including phenoxy) is 3. The van der Waals surface area contributed by atoms with Crippen molar-refractivity contribution in [3.05, 3.63) is 82.4 Å². The number of halogens is 2. The van der Waals surface area contributed by atoms with Crippen LogP contribution >= 0.6 is 23.2 Å². The summed E-state index contributed by atoms with van der Waals surface area (Å²) < 4.78 is 21.5. The fourth-order valence-corrected chi connectivity index (χ4v) is 8.27. The molecule has 6 heterocycles. The van der Waals surface area contributed by atoms with E-state index in [4.69, 9.17) is 42.4 Å². The van der Waals surface area contributed by atoms with Crippen molar-refractivity contribution >= 4 is 87.2 Å². The SMILES string of the molecule is COC[C@H](C)NC(=O)c1c[nH]c2ncc(-c3nn(C)c4cc(Cl)ccc34)nc12.COC[C@H](C)NC(=O)c1cn(COCC[Si](C)(C)C)c2ncc(-c3nn(C)c4cc(Cl)ccc34)nc12. The number of hydrogen-bond donors (Lipinski definition) is 3. The number of nitrogens with zero attached hydrogens (tertiary/aromatic N) is 9. The Morgan fingerprint density at radius 3 is 1.86 bits per heavy atom. The van der Waals surface area contributed by atoms with Gasteiger partial charge in [0.25, 0.3) is 11.8 Å². The summed E-state index contributed by atoms with van der Waals surface area (Å²) in [4.78, 5) is 47.4. The van der Waals surface area contributed by atoms with Crippen LogP contribution in [-0.4, -0.2) is 115 Å². The maximum atomic E-state index is 13.2. The van der Waals surface area contributed by atoms with Crippen LogP contribution in [0.4, 0.5) is 0 Å². The lowest BCUT2D eigenvalue weighted by Crippen LogP contribution is -2.35. The third-order valence-corrected chi connectivity index (χ3v) is 12.5. The van der Waals surface area contributed by atoms with Crippen molar-refractivity contribution in [3.8, 4) is 22.8 Å². The second kappa shape index (κ2) is 19.5. The molecule has 2 aromatic carbocycles. The number of rotatable bonds is 15. The lowest BCUT2D eigenvalue weighted by Gasteiger charge is -2.15. The molecule has 336 valence electrons. The summed E-state index contributed by atoms with van der Waals surface area (Å²) in [6, 6.07) is 12.0. The quantitative estimate of drug-likeness (QED) is 0.0676. The van der Waals surface area contributed by atoms with E-state index in [1.54, 1.807) is 48.4 Å². The average Bonchev–Trinajstić information content (AvgIpc) is 4.01. The Balaban J connectivity index is 0.000000197. The Hall–Kier alpha value is -5.76. The van der Waals surface area contributed by atoms with Crippen LogP contribution in [0.15, 0.2) is 61.2 Å². The molecule has 0 unspecified atom stereocenters. The van der Waals surface area contributed by atoms with Crippen LogP contribution in [0.2, 0.25) is 35.7 Å². The number of aromatic nitrogens is 10. The van der Waals surface area contributed by atoms with Gasteiger partial charge in [-0.25, -0.2) is 19.9 Å². The van der Waals surface area contributed by atoms with E-state index in [2.05, 4.69) is 60.4 Å². The van der Waals surface area contributed by atoms with E-state index >= 15 is 0 Å². The Labute approximate surface area is 380 Å². The molecule has 0 saturated carbocycles. The van der Waals surface area contributed by atoms with Crippen LogP contribution in [0.1, 0.15) is 34.6 Å². The molecule has 17 nitrogen and oxygen atoms in total. The Bertz CT molecular complexity index is 2970. The highest BCUT2D eigenvalue weighted by atomic mass is 35.5. The molecule has 2 atom stereocenters. The van der Waals surface area contributed by atoms with Gasteiger partial charge in [-0.3, -0.25) is 19.0 Å². The summed E-state index contributed by atoms with van der Waals surface area (Å²) in [6.45, 7) is 12.5. The highest BCUT2D eigenvalue weighted by Crippen LogP contribution is 2.31. The minimum Gasteiger partial charge on any atom is -0.383 e. The molecule has 8 rings (SSSR count). The van der Waals surface area contributed by atoms with Crippen LogP contribution in [0.5, 0.6) is 0 Å². The zero-order valence-electron chi connectivity index (χ0n) is 37.3. The number of H-pyrrole nitrogens is 1. The number of hydrogen-bond acceptors (Lipinski definition) is 11. The van der Waals surface area contributed by atoms with Gasteiger partial charge in [-0.05, 0) is 56.3 Å². The first-order valence-electron chi connectivity index (χ1n) is 20.7. The number of fused-ring (bicyclic) bond motifs is 4. The number of benzene rings is 2. The largest absolute Gasteiger partial charge is 0.383 e. The first-order valence-corrected chi connectivity index (χ1v) is 25.1. The number of methoxy groups -OCH3 is 2. The molecule has 0 bridgehead atoms. The van der Waals surface area contributed by atoms with Crippen LogP contribution in [0.25, 0.3) is 66.9 Å². The van der Waals surface area contributed by atoms with Crippen molar-refractivity contribution in [2.24, 2.45) is 14.1 Å². The minimum atomic E-state index is -1.21. The molecule has 3 N–H and O–H groups in total. The second-order valence-electron chi connectivity index (χ2n) is 16.9. The predicted molar refractivity (Wildman–Crippen MR) is 253 cm³/mol. The third kappa shape index (κ3) is 10.3. The molecule has 2 amide bonds. The monoisotopic (exact) mass is 926 g/mol. The molecule has 0 radical (unpaired) electrons. The van der Waals surface area contributed by atoms with Crippen LogP contribution in [0, 0.1) is 0 Å². The maximum absolute atomic E-state index is 13.2. The van der Waals surface area contributed by atoms with E-state index in [9.17, 15) is 9.59 Å². The summed E-state index contributed by atoms with van der Waals surface area (Å²) in [5.74, 6) is -0.477. The molecule has 0 aliphatic carbocycles. The molecule has 64 heavy (non-hydrogen) atoms. The first-order chi connectivity index (χ1) is 30.5. The van der Waals surface area contributed by atoms with Gasteiger partial charge in [0.1, 0.15) is 40.5 Å². The smallest absolute Gasteiger partial charge is 0.255 e. The number of amides is 2. The maximum Gasteiger partial charge on any atom is 0.255 e. The topological polar surface area (TPSA) is 194 Å². The number of aromatic amines is 1. The summed E-state index contributed by atoms with van der Waals surface area (Å²) >= 11 is 12.3. The van der Waals surface area contributed by atoms with Gasteiger partial charge in [-0.2, -0.15) is 10.2 Å². The van der Waals surface area contributed by atoms with E-state index in [1.807, 2.05) is 68.9 Å². The molecule has 0 saturated heterocycles. The number of carbonyl (C=O) groups excluding carboxylic acids is 2. The van der Waals surface area contributed by atoms with Crippen molar-refractivity contribution in [3.63, 3.8) is 0 Å². The molecule has 8 aromatic rings. The standard InChI is InChI=1S/C25H33ClN6O3Si.C19H19ClN6O2/c1-16(14-34-3)28-25(33)19-13-32(15-35-9-10-36(4,5)6)24-23(19)29-20(12-27-24)22-18-8-7-17(26)11-21(18)31(2)30-22;1-10(9-28-3)23-19(27)13-7-21-18-17(13)24-14(8-22-18)16-12-5-4-11(20)6-15(12)26(2)25-16/h7-8,11-13,16H,9-10,14-15H2,1-6H3,(H,28,33);4-8,10H,9H2,1-3H3,(H,21,22)(H,23,27)/t16-;10-/m00/s1. The second-order valence-corrected chi connectivity index (χ2v) is 23.4. The van der Waals surface area contributed by atoms with Gasteiger partial charge >= 0.3 is 0 Å². The Kier molecular flexibility index (Phi) is 14.1. The first kappa shape index (κ1) is 46.2. The fourth-order valence-electron chi connectivity index (χ4n) is 7.18. The van der Waals surface area contributed by atoms with Crippen molar-refractivity contribution in [1.82, 2.24) is 59.7 Å². The third-order valence-electron chi connectivity index (χ3n) is 10.4. The van der Waals surface area contributed by atoms with Crippen molar-refractivity contribution in [2.45, 2.75) is 58.3 Å². The number of nitrogens with one attached hydrogen (secondary N) is 3. The summed E-state index contributed by atoms with van der Waals surface area (Å²) in [5.41, 5.74) is 7.27. The molecule has 0 aliphatic rings. The van der Waals surface area contributed by atoms with E-state index in [-0.39, 0.29) is 23.9 Å². The summed E-state index contributed by atoms with van der Waals surface area (Å²) in [7, 11) is 5.69. The zero-order valence-corrected chi connectivity index (χ0v) is 39.8. The van der Waals surface area contributed by atoms with Gasteiger partial charge in [-0.15, -0.1) is 0 Å². The normalized spacial score (nSPS) is 12.8. The summed E-state index contributed by atoms with van der Waals surface area (Å²) in [5, 5.41) is 18.2. The van der Waals surface area contributed by atoms with Crippen molar-refractivity contribution in [2.75, 3.05) is 34.0 Å². The molecule has 0 aliphatic heterocycles. The van der Waals surface area contributed by atoms with Gasteiger partial charge in [0.05, 0.1) is 47.8 Å². The zero-order chi connectivity index (χ0) is 45.9. The molecule has 6 aromatic heterocycles. The molecule has 0 fully saturated rings. The Morgan fingerprint density at radius 1 is 0.781 bits per heavy atom. The lowest BCUT2D eigenvalue weighted by atomic mass is 10.1.